The third-order valence-corrected chi connectivity index (χ3v) is 4.05. The van der Waals surface area contributed by atoms with Crippen molar-refractivity contribution in [1.29, 1.82) is 0 Å². The minimum atomic E-state index is -0.119. The van der Waals surface area contributed by atoms with Crippen LogP contribution in [0.2, 0.25) is 0 Å². The second-order valence-corrected chi connectivity index (χ2v) is 6.76. The van der Waals surface area contributed by atoms with Gasteiger partial charge in [-0.05, 0) is 40.7 Å². The zero-order valence-electron chi connectivity index (χ0n) is 13.0. The van der Waals surface area contributed by atoms with E-state index in [1.54, 1.807) is 0 Å². The number of hydrogen-bond donors (Lipinski definition) is 1. The van der Waals surface area contributed by atoms with Crippen molar-refractivity contribution in [3.63, 3.8) is 0 Å². The van der Waals surface area contributed by atoms with Crippen molar-refractivity contribution < 1.29 is 4.74 Å². The highest BCUT2D eigenvalue weighted by Crippen LogP contribution is 2.47. The Morgan fingerprint density at radius 2 is 2.16 bits per heavy atom. The average molecular weight is 265 g/mol. The quantitative estimate of drug-likeness (QED) is 0.909. The average Bonchev–Trinajstić information content (AvgIpc) is 2.76. The van der Waals surface area contributed by atoms with E-state index in [2.05, 4.69) is 51.2 Å². The van der Waals surface area contributed by atoms with Gasteiger partial charge in [-0.2, -0.15) is 5.10 Å². The largest absolute Gasteiger partial charge is 0.369 e. The van der Waals surface area contributed by atoms with E-state index in [9.17, 15) is 0 Å². The second-order valence-electron chi connectivity index (χ2n) is 6.76. The summed E-state index contributed by atoms with van der Waals surface area (Å²) < 4.78 is 8.11. The molecule has 0 saturated carbocycles. The Hall–Kier alpha value is -0.870. The SMILES string of the molecule is CCNC(c1cnn(C)c1)C1CC(C)(C)OC1(C)C. The summed E-state index contributed by atoms with van der Waals surface area (Å²) in [5.74, 6) is 0.451. The van der Waals surface area contributed by atoms with Gasteiger partial charge in [0.2, 0.25) is 0 Å². The van der Waals surface area contributed by atoms with E-state index in [4.69, 9.17) is 4.74 Å². The molecule has 2 heterocycles. The van der Waals surface area contributed by atoms with Crippen LogP contribution in [0.25, 0.3) is 0 Å². The molecule has 1 aliphatic heterocycles. The van der Waals surface area contributed by atoms with Gasteiger partial charge in [0.05, 0.1) is 17.4 Å². The Morgan fingerprint density at radius 3 is 2.58 bits per heavy atom. The minimum Gasteiger partial charge on any atom is -0.369 e. The molecular formula is C15H27N3O. The lowest BCUT2D eigenvalue weighted by molar-refractivity contribution is -0.0778. The molecule has 0 aromatic carbocycles. The lowest BCUT2D eigenvalue weighted by Crippen LogP contribution is -2.38. The van der Waals surface area contributed by atoms with Crippen LogP contribution in [0.1, 0.15) is 52.6 Å². The summed E-state index contributed by atoms with van der Waals surface area (Å²) in [6, 6.07) is 0.301. The molecule has 108 valence electrons. The molecule has 19 heavy (non-hydrogen) atoms. The Bertz CT molecular complexity index is 436. The predicted molar refractivity (Wildman–Crippen MR) is 77.0 cm³/mol. The van der Waals surface area contributed by atoms with Crippen molar-refractivity contribution in [3.05, 3.63) is 18.0 Å². The minimum absolute atomic E-state index is 0.0515. The van der Waals surface area contributed by atoms with Gasteiger partial charge in [0.1, 0.15) is 0 Å². The van der Waals surface area contributed by atoms with E-state index < -0.39 is 0 Å². The van der Waals surface area contributed by atoms with Crippen LogP contribution in [0.4, 0.5) is 0 Å². The molecule has 0 radical (unpaired) electrons. The molecule has 1 N–H and O–H groups in total. The van der Waals surface area contributed by atoms with Gasteiger partial charge in [-0.1, -0.05) is 6.92 Å². The van der Waals surface area contributed by atoms with Crippen molar-refractivity contribution in [2.24, 2.45) is 13.0 Å². The second kappa shape index (κ2) is 4.91. The summed E-state index contributed by atoms with van der Waals surface area (Å²) in [6.07, 6.45) is 5.13. The molecule has 0 aliphatic carbocycles. The van der Waals surface area contributed by atoms with Gasteiger partial charge in [-0.15, -0.1) is 0 Å². The van der Waals surface area contributed by atoms with Crippen molar-refractivity contribution in [2.75, 3.05) is 6.54 Å². The first-order valence-electron chi connectivity index (χ1n) is 7.17. The van der Waals surface area contributed by atoms with E-state index >= 15 is 0 Å². The molecule has 4 nitrogen and oxygen atoms in total. The number of nitrogens with one attached hydrogen (secondary N) is 1. The predicted octanol–water partition coefficient (Wildman–Crippen LogP) is 2.66. The maximum Gasteiger partial charge on any atom is 0.0681 e. The maximum atomic E-state index is 6.24. The number of ether oxygens (including phenoxy) is 1. The number of aromatic nitrogens is 2. The van der Waals surface area contributed by atoms with E-state index in [1.165, 1.54) is 5.56 Å². The van der Waals surface area contributed by atoms with Crippen molar-refractivity contribution >= 4 is 0 Å². The fraction of sp³-hybridized carbons (Fsp3) is 0.800. The van der Waals surface area contributed by atoms with Gasteiger partial charge in [0, 0.05) is 30.8 Å². The molecule has 1 fully saturated rings. The first-order chi connectivity index (χ1) is 8.75. The lowest BCUT2D eigenvalue weighted by atomic mass is 9.79. The van der Waals surface area contributed by atoms with Gasteiger partial charge < -0.3 is 10.1 Å². The third-order valence-electron chi connectivity index (χ3n) is 4.05. The van der Waals surface area contributed by atoms with Crippen molar-refractivity contribution in [1.82, 2.24) is 15.1 Å². The molecule has 1 aliphatic rings. The smallest absolute Gasteiger partial charge is 0.0681 e. The third kappa shape index (κ3) is 3.00. The zero-order chi connectivity index (χ0) is 14.3. The van der Waals surface area contributed by atoms with E-state index in [1.807, 2.05) is 17.9 Å². The van der Waals surface area contributed by atoms with Crippen molar-refractivity contribution in [3.8, 4) is 0 Å². The van der Waals surface area contributed by atoms with Gasteiger partial charge >= 0.3 is 0 Å². The van der Waals surface area contributed by atoms with Crippen LogP contribution in [-0.4, -0.2) is 27.5 Å². The monoisotopic (exact) mass is 265 g/mol. The molecule has 2 atom stereocenters. The Labute approximate surface area is 116 Å². The van der Waals surface area contributed by atoms with E-state index in [0.717, 1.165) is 13.0 Å². The van der Waals surface area contributed by atoms with Gasteiger partial charge in [-0.25, -0.2) is 0 Å². The highest BCUT2D eigenvalue weighted by molar-refractivity contribution is 5.15. The first-order valence-corrected chi connectivity index (χ1v) is 7.17. The standard InChI is InChI=1S/C15H27N3O/c1-7-16-13(11-9-17-18(6)10-11)12-8-14(2,3)19-15(12,4)5/h9-10,12-13,16H,7-8H2,1-6H3. The van der Waals surface area contributed by atoms with Crippen LogP contribution >= 0.6 is 0 Å². The fourth-order valence-corrected chi connectivity index (χ4v) is 3.44. The Kier molecular flexibility index (Phi) is 3.76. The van der Waals surface area contributed by atoms with Crippen LogP contribution < -0.4 is 5.32 Å². The van der Waals surface area contributed by atoms with Gasteiger partial charge in [-0.3, -0.25) is 4.68 Å². The molecule has 4 heteroatoms. The first kappa shape index (κ1) is 14.5. The summed E-state index contributed by atoms with van der Waals surface area (Å²) >= 11 is 0. The lowest BCUT2D eigenvalue weighted by Gasteiger charge is -2.33. The van der Waals surface area contributed by atoms with Crippen LogP contribution in [0.3, 0.4) is 0 Å². The molecule has 1 saturated heterocycles. The highest BCUT2D eigenvalue weighted by Gasteiger charge is 2.49. The number of hydrogen-bond acceptors (Lipinski definition) is 3. The summed E-state index contributed by atoms with van der Waals surface area (Å²) in [5.41, 5.74) is 1.08. The maximum absolute atomic E-state index is 6.24. The topological polar surface area (TPSA) is 39.1 Å². The molecule has 1 aromatic rings. The summed E-state index contributed by atoms with van der Waals surface area (Å²) in [5, 5.41) is 7.93. The normalized spacial score (nSPS) is 26.5. The highest BCUT2D eigenvalue weighted by atomic mass is 16.5. The van der Waals surface area contributed by atoms with E-state index in [0.29, 0.717) is 12.0 Å². The molecule has 2 unspecified atom stereocenters. The summed E-state index contributed by atoms with van der Waals surface area (Å²) in [4.78, 5) is 0. The fourth-order valence-electron chi connectivity index (χ4n) is 3.44. The van der Waals surface area contributed by atoms with Crippen LogP contribution in [0.5, 0.6) is 0 Å². The van der Waals surface area contributed by atoms with Crippen molar-refractivity contribution in [2.45, 2.75) is 58.3 Å². The van der Waals surface area contributed by atoms with Crippen LogP contribution in [0, 0.1) is 5.92 Å². The molecule has 0 bridgehead atoms. The molecule has 0 amide bonds. The molecule has 0 spiro atoms. The van der Waals surface area contributed by atoms with E-state index in [-0.39, 0.29) is 11.2 Å². The van der Waals surface area contributed by atoms with Gasteiger partial charge in [0.15, 0.2) is 0 Å². The molecule has 1 aromatic heterocycles. The summed E-state index contributed by atoms with van der Waals surface area (Å²) in [6.45, 7) is 11.9. The Balaban J connectivity index is 2.29. The van der Waals surface area contributed by atoms with Crippen LogP contribution in [-0.2, 0) is 11.8 Å². The zero-order valence-corrected chi connectivity index (χ0v) is 13.0. The molecular weight excluding hydrogens is 238 g/mol. The Morgan fingerprint density at radius 1 is 1.47 bits per heavy atom. The number of aryl methyl sites for hydroxylation is 1. The number of nitrogens with zero attached hydrogens (tertiary/aromatic N) is 2. The summed E-state index contributed by atoms with van der Waals surface area (Å²) in [7, 11) is 1.97. The van der Waals surface area contributed by atoms with Crippen LogP contribution in [0.15, 0.2) is 12.4 Å². The molecule has 2 rings (SSSR count). The number of rotatable bonds is 4. The van der Waals surface area contributed by atoms with Gasteiger partial charge in [0.25, 0.3) is 0 Å².